The number of nitrogens with two attached hydrogens (primary N) is 1. The molecule has 1 heterocycles. The molecule has 3 aromatic rings. The van der Waals surface area contributed by atoms with Gasteiger partial charge in [-0.2, -0.15) is 0 Å². The normalized spacial score (nSPS) is 11.5. The van der Waals surface area contributed by atoms with Crippen LogP contribution >= 0.6 is 0 Å². The van der Waals surface area contributed by atoms with Crippen molar-refractivity contribution in [3.8, 4) is 22.8 Å². The maximum absolute atomic E-state index is 12.2. The topological polar surface area (TPSA) is 66.0 Å². The summed E-state index contributed by atoms with van der Waals surface area (Å²) < 4.78 is 42.0. The number of ether oxygens (including phenoxy) is 1. The van der Waals surface area contributed by atoms with Gasteiger partial charge in [0.15, 0.2) is 5.82 Å². The van der Waals surface area contributed by atoms with Crippen LogP contribution in [0.2, 0.25) is 0 Å². The standard InChI is InChI=1S/C18H17F3N4O/c19-18(20,21)26-16-8-6-15(7-9-16)25-12-23-17(24-25)14-5-1-3-13(11-14)4-2-10-22/h1,3,5-9,11-12H,2,4,10,22H2. The van der Waals surface area contributed by atoms with E-state index in [1.165, 1.54) is 35.3 Å². The summed E-state index contributed by atoms with van der Waals surface area (Å²) in [6.45, 7) is 0.630. The van der Waals surface area contributed by atoms with Gasteiger partial charge in [0.2, 0.25) is 0 Å². The molecule has 0 atom stereocenters. The number of halogens is 3. The molecule has 0 aliphatic heterocycles. The third-order valence-corrected chi connectivity index (χ3v) is 3.68. The van der Waals surface area contributed by atoms with E-state index in [1.54, 1.807) is 0 Å². The van der Waals surface area contributed by atoms with Crippen molar-refractivity contribution in [2.75, 3.05) is 6.54 Å². The second kappa shape index (κ2) is 7.57. The first-order valence-corrected chi connectivity index (χ1v) is 8.02. The van der Waals surface area contributed by atoms with Crippen LogP contribution in [-0.4, -0.2) is 27.7 Å². The van der Waals surface area contributed by atoms with Crippen LogP contribution in [0, 0.1) is 0 Å². The maximum atomic E-state index is 12.2. The summed E-state index contributed by atoms with van der Waals surface area (Å²) in [6.07, 6.45) is -1.41. The first kappa shape index (κ1) is 17.9. The Morgan fingerprint density at radius 3 is 2.54 bits per heavy atom. The first-order valence-electron chi connectivity index (χ1n) is 8.02. The van der Waals surface area contributed by atoms with E-state index >= 15 is 0 Å². The van der Waals surface area contributed by atoms with Gasteiger partial charge < -0.3 is 10.5 Å². The summed E-state index contributed by atoms with van der Waals surface area (Å²) in [5.74, 6) is 0.254. The fraction of sp³-hybridized carbons (Fsp3) is 0.222. The van der Waals surface area contributed by atoms with Crippen LogP contribution in [0.25, 0.3) is 17.1 Å². The summed E-state index contributed by atoms with van der Waals surface area (Å²) in [5, 5.41) is 4.39. The van der Waals surface area contributed by atoms with E-state index < -0.39 is 6.36 Å². The molecule has 136 valence electrons. The van der Waals surface area contributed by atoms with E-state index in [0.717, 1.165) is 24.0 Å². The number of aromatic nitrogens is 3. The molecule has 0 fully saturated rings. The van der Waals surface area contributed by atoms with Gasteiger partial charge in [-0.15, -0.1) is 18.3 Å². The molecule has 0 saturated carbocycles. The molecule has 0 spiro atoms. The molecule has 2 N–H and O–H groups in total. The Hall–Kier alpha value is -2.87. The van der Waals surface area contributed by atoms with Gasteiger partial charge >= 0.3 is 6.36 Å². The summed E-state index contributed by atoms with van der Waals surface area (Å²) in [4.78, 5) is 4.28. The molecule has 0 aliphatic carbocycles. The molecule has 8 heteroatoms. The number of benzene rings is 2. The molecule has 0 aliphatic rings. The smallest absolute Gasteiger partial charge is 0.406 e. The summed E-state index contributed by atoms with van der Waals surface area (Å²) in [6, 6.07) is 13.3. The fourth-order valence-corrected chi connectivity index (χ4v) is 2.49. The van der Waals surface area contributed by atoms with Crippen LogP contribution in [0.5, 0.6) is 5.75 Å². The first-order chi connectivity index (χ1) is 12.4. The van der Waals surface area contributed by atoms with Gasteiger partial charge in [-0.25, -0.2) is 9.67 Å². The lowest BCUT2D eigenvalue weighted by Crippen LogP contribution is -2.17. The van der Waals surface area contributed by atoms with E-state index in [2.05, 4.69) is 14.8 Å². The quantitative estimate of drug-likeness (QED) is 0.726. The van der Waals surface area contributed by atoms with Crippen LogP contribution < -0.4 is 10.5 Å². The molecule has 5 nitrogen and oxygen atoms in total. The number of nitrogens with zero attached hydrogens (tertiary/aromatic N) is 3. The molecular formula is C18H17F3N4O. The molecule has 0 bridgehead atoms. The Morgan fingerprint density at radius 2 is 1.85 bits per heavy atom. The minimum Gasteiger partial charge on any atom is -0.406 e. The number of hydrogen-bond acceptors (Lipinski definition) is 4. The third kappa shape index (κ3) is 4.60. The Kier molecular flexibility index (Phi) is 5.22. The number of hydrogen-bond donors (Lipinski definition) is 1. The third-order valence-electron chi connectivity index (χ3n) is 3.68. The summed E-state index contributed by atoms with van der Waals surface area (Å²) in [7, 11) is 0. The zero-order chi connectivity index (χ0) is 18.6. The van der Waals surface area contributed by atoms with Crippen molar-refractivity contribution in [3.05, 3.63) is 60.4 Å². The molecule has 0 unspecified atom stereocenters. The van der Waals surface area contributed by atoms with Gasteiger partial charge in [0, 0.05) is 5.56 Å². The highest BCUT2D eigenvalue weighted by Gasteiger charge is 2.30. The lowest BCUT2D eigenvalue weighted by atomic mass is 10.1. The number of alkyl halides is 3. The maximum Gasteiger partial charge on any atom is 0.573 e. The van der Waals surface area contributed by atoms with E-state index in [4.69, 9.17) is 5.73 Å². The SMILES string of the molecule is NCCCc1cccc(-c2ncn(-c3ccc(OC(F)(F)F)cc3)n2)c1. The van der Waals surface area contributed by atoms with Gasteiger partial charge in [-0.1, -0.05) is 18.2 Å². The van der Waals surface area contributed by atoms with Gasteiger partial charge in [-0.3, -0.25) is 0 Å². The van der Waals surface area contributed by atoms with Crippen LogP contribution in [-0.2, 0) is 6.42 Å². The minimum absolute atomic E-state index is 0.283. The van der Waals surface area contributed by atoms with Crippen molar-refractivity contribution in [3.63, 3.8) is 0 Å². The van der Waals surface area contributed by atoms with Crippen molar-refractivity contribution in [1.82, 2.24) is 14.8 Å². The Morgan fingerprint density at radius 1 is 1.08 bits per heavy atom. The van der Waals surface area contributed by atoms with Gasteiger partial charge in [0.05, 0.1) is 5.69 Å². The van der Waals surface area contributed by atoms with Crippen molar-refractivity contribution < 1.29 is 17.9 Å². The largest absolute Gasteiger partial charge is 0.573 e. The molecular weight excluding hydrogens is 345 g/mol. The van der Waals surface area contributed by atoms with Crippen LogP contribution in [0.4, 0.5) is 13.2 Å². The van der Waals surface area contributed by atoms with Crippen molar-refractivity contribution in [2.24, 2.45) is 5.73 Å². The second-order valence-electron chi connectivity index (χ2n) is 5.65. The van der Waals surface area contributed by atoms with Crippen LogP contribution in [0.1, 0.15) is 12.0 Å². The lowest BCUT2D eigenvalue weighted by molar-refractivity contribution is -0.274. The molecule has 26 heavy (non-hydrogen) atoms. The fourth-order valence-electron chi connectivity index (χ4n) is 2.49. The van der Waals surface area contributed by atoms with E-state index in [0.29, 0.717) is 18.1 Å². The van der Waals surface area contributed by atoms with Crippen molar-refractivity contribution >= 4 is 0 Å². The van der Waals surface area contributed by atoms with Crippen LogP contribution in [0.3, 0.4) is 0 Å². The van der Waals surface area contributed by atoms with Crippen molar-refractivity contribution in [2.45, 2.75) is 19.2 Å². The molecule has 0 amide bonds. The average molecular weight is 362 g/mol. The van der Waals surface area contributed by atoms with Gasteiger partial charge in [-0.05, 0) is 55.3 Å². The molecule has 0 saturated heterocycles. The Bertz CT molecular complexity index is 859. The highest BCUT2D eigenvalue weighted by Crippen LogP contribution is 2.24. The Labute approximate surface area is 148 Å². The summed E-state index contributed by atoms with van der Waals surface area (Å²) >= 11 is 0. The van der Waals surface area contributed by atoms with Gasteiger partial charge in [0.1, 0.15) is 12.1 Å². The Balaban J connectivity index is 1.77. The molecule has 2 aromatic carbocycles. The zero-order valence-corrected chi connectivity index (χ0v) is 13.8. The van der Waals surface area contributed by atoms with Gasteiger partial charge in [0.25, 0.3) is 0 Å². The molecule has 1 aromatic heterocycles. The molecule has 3 rings (SSSR count). The van der Waals surface area contributed by atoms with E-state index in [1.807, 2.05) is 24.3 Å². The number of rotatable bonds is 6. The average Bonchev–Trinajstić information content (AvgIpc) is 3.10. The van der Waals surface area contributed by atoms with Crippen LogP contribution in [0.15, 0.2) is 54.9 Å². The minimum atomic E-state index is -4.71. The highest BCUT2D eigenvalue weighted by atomic mass is 19.4. The predicted molar refractivity (Wildman–Crippen MR) is 90.9 cm³/mol. The second-order valence-corrected chi connectivity index (χ2v) is 5.65. The van der Waals surface area contributed by atoms with E-state index in [-0.39, 0.29) is 5.75 Å². The van der Waals surface area contributed by atoms with E-state index in [9.17, 15) is 13.2 Å². The zero-order valence-electron chi connectivity index (χ0n) is 13.8. The monoisotopic (exact) mass is 362 g/mol. The summed E-state index contributed by atoms with van der Waals surface area (Å²) in [5.41, 5.74) is 8.14. The van der Waals surface area contributed by atoms with Crippen molar-refractivity contribution in [1.29, 1.82) is 0 Å². The highest BCUT2D eigenvalue weighted by molar-refractivity contribution is 5.56. The number of aryl methyl sites for hydroxylation is 1. The molecule has 0 radical (unpaired) electrons. The predicted octanol–water partition coefficient (Wildman–Crippen LogP) is 3.72. The lowest BCUT2D eigenvalue weighted by Gasteiger charge is -2.09.